The SMILES string of the molecule is CCNC(=NCc1ccon1)NCCc1ncc(C)s1.I. The molecule has 0 aliphatic rings. The molecule has 2 aromatic heterocycles. The van der Waals surface area contributed by atoms with Gasteiger partial charge in [-0.2, -0.15) is 0 Å². The summed E-state index contributed by atoms with van der Waals surface area (Å²) >= 11 is 1.73. The Hall–Kier alpha value is -1.16. The average molecular weight is 421 g/mol. The van der Waals surface area contributed by atoms with Crippen molar-refractivity contribution in [2.24, 2.45) is 4.99 Å². The van der Waals surface area contributed by atoms with Crippen LogP contribution in [-0.2, 0) is 13.0 Å². The van der Waals surface area contributed by atoms with Crippen LogP contribution in [0.15, 0.2) is 28.0 Å². The number of nitrogens with one attached hydrogen (secondary N) is 2. The molecule has 2 heterocycles. The molecule has 0 fully saturated rings. The van der Waals surface area contributed by atoms with Crippen molar-refractivity contribution < 1.29 is 4.52 Å². The van der Waals surface area contributed by atoms with Crippen molar-refractivity contribution in [2.45, 2.75) is 26.8 Å². The monoisotopic (exact) mass is 421 g/mol. The lowest BCUT2D eigenvalue weighted by molar-refractivity contribution is 0.412. The van der Waals surface area contributed by atoms with Gasteiger partial charge >= 0.3 is 0 Å². The van der Waals surface area contributed by atoms with E-state index < -0.39 is 0 Å². The van der Waals surface area contributed by atoms with Gasteiger partial charge in [-0.05, 0) is 13.8 Å². The largest absolute Gasteiger partial charge is 0.364 e. The summed E-state index contributed by atoms with van der Waals surface area (Å²) in [5, 5.41) is 11.5. The van der Waals surface area contributed by atoms with Gasteiger partial charge in [0, 0.05) is 36.7 Å². The summed E-state index contributed by atoms with van der Waals surface area (Å²) < 4.78 is 4.78. The molecule has 0 bridgehead atoms. The fourth-order valence-electron chi connectivity index (χ4n) is 1.63. The quantitative estimate of drug-likeness (QED) is 0.426. The molecule has 2 N–H and O–H groups in total. The molecular weight excluding hydrogens is 401 g/mol. The smallest absolute Gasteiger partial charge is 0.191 e. The predicted octanol–water partition coefficient (Wildman–Crippen LogP) is 2.36. The van der Waals surface area contributed by atoms with E-state index in [1.807, 2.05) is 19.2 Å². The van der Waals surface area contributed by atoms with E-state index in [0.717, 1.165) is 36.2 Å². The van der Waals surface area contributed by atoms with Crippen molar-refractivity contribution in [3.05, 3.63) is 34.1 Å². The van der Waals surface area contributed by atoms with E-state index in [2.05, 4.69) is 32.7 Å². The van der Waals surface area contributed by atoms with Crippen LogP contribution in [0.5, 0.6) is 0 Å². The standard InChI is InChI=1S/C13H19N5OS.HI/c1-3-14-13(17-9-11-5-7-19-18-11)15-6-4-12-16-8-10(2)20-12;/h5,7-8H,3-4,6,9H2,1-2H3,(H2,14,15,17);1H. The Balaban J connectivity index is 0.00000220. The molecular formula is C13H20IN5OS. The molecule has 116 valence electrons. The summed E-state index contributed by atoms with van der Waals surface area (Å²) in [6.45, 7) is 6.23. The van der Waals surface area contributed by atoms with Gasteiger partial charge in [-0.15, -0.1) is 35.3 Å². The van der Waals surface area contributed by atoms with E-state index >= 15 is 0 Å². The van der Waals surface area contributed by atoms with Crippen molar-refractivity contribution in [3.63, 3.8) is 0 Å². The number of hydrogen-bond donors (Lipinski definition) is 2. The van der Waals surface area contributed by atoms with E-state index in [4.69, 9.17) is 4.52 Å². The fourth-order valence-corrected chi connectivity index (χ4v) is 2.41. The van der Waals surface area contributed by atoms with Gasteiger partial charge in [-0.25, -0.2) is 9.98 Å². The molecule has 0 spiro atoms. The second-order valence-electron chi connectivity index (χ2n) is 4.23. The van der Waals surface area contributed by atoms with Gasteiger partial charge in [0.05, 0.1) is 11.6 Å². The van der Waals surface area contributed by atoms with Crippen LogP contribution in [-0.4, -0.2) is 29.2 Å². The first kappa shape index (κ1) is 17.9. The van der Waals surface area contributed by atoms with Crippen LogP contribution < -0.4 is 10.6 Å². The fraction of sp³-hybridized carbons (Fsp3) is 0.462. The topological polar surface area (TPSA) is 75.3 Å². The number of hydrogen-bond acceptors (Lipinski definition) is 5. The zero-order valence-electron chi connectivity index (χ0n) is 12.1. The van der Waals surface area contributed by atoms with E-state index in [-0.39, 0.29) is 24.0 Å². The second kappa shape index (κ2) is 9.72. The lowest BCUT2D eigenvalue weighted by Crippen LogP contribution is -2.38. The van der Waals surface area contributed by atoms with Gasteiger partial charge in [-0.3, -0.25) is 0 Å². The van der Waals surface area contributed by atoms with Crippen molar-refractivity contribution in [3.8, 4) is 0 Å². The van der Waals surface area contributed by atoms with Gasteiger partial charge in [0.25, 0.3) is 0 Å². The van der Waals surface area contributed by atoms with Crippen LogP contribution >= 0.6 is 35.3 Å². The number of rotatable bonds is 6. The molecule has 2 rings (SSSR count). The van der Waals surface area contributed by atoms with E-state index in [1.165, 1.54) is 4.88 Å². The van der Waals surface area contributed by atoms with Crippen LogP contribution in [0.3, 0.4) is 0 Å². The van der Waals surface area contributed by atoms with Gasteiger partial charge in [0.15, 0.2) is 5.96 Å². The number of aliphatic imine (C=N–C) groups is 1. The number of nitrogens with zero attached hydrogens (tertiary/aromatic N) is 3. The Labute approximate surface area is 145 Å². The molecule has 0 radical (unpaired) electrons. The Bertz CT molecular complexity index is 541. The first-order valence-electron chi connectivity index (χ1n) is 6.60. The minimum Gasteiger partial charge on any atom is -0.364 e. The Morgan fingerprint density at radius 3 is 2.90 bits per heavy atom. The lowest BCUT2D eigenvalue weighted by atomic mass is 10.4. The molecule has 21 heavy (non-hydrogen) atoms. The summed E-state index contributed by atoms with van der Waals surface area (Å²) in [5.41, 5.74) is 0.817. The zero-order chi connectivity index (χ0) is 14.2. The normalized spacial score (nSPS) is 11.0. The Morgan fingerprint density at radius 2 is 2.29 bits per heavy atom. The van der Waals surface area contributed by atoms with Crippen LogP contribution in [0, 0.1) is 6.92 Å². The Morgan fingerprint density at radius 1 is 1.43 bits per heavy atom. The summed E-state index contributed by atoms with van der Waals surface area (Å²) in [6.07, 6.45) is 4.35. The van der Waals surface area contributed by atoms with Gasteiger partial charge in [0.1, 0.15) is 12.0 Å². The van der Waals surface area contributed by atoms with Crippen LogP contribution in [0.1, 0.15) is 22.5 Å². The molecule has 0 aliphatic carbocycles. The number of aryl methyl sites for hydroxylation is 1. The van der Waals surface area contributed by atoms with E-state index in [1.54, 1.807) is 17.6 Å². The van der Waals surface area contributed by atoms with E-state index in [9.17, 15) is 0 Å². The minimum atomic E-state index is 0. The highest BCUT2D eigenvalue weighted by molar-refractivity contribution is 14.0. The predicted molar refractivity (Wildman–Crippen MR) is 95.3 cm³/mol. The molecule has 0 saturated heterocycles. The third kappa shape index (κ3) is 6.42. The van der Waals surface area contributed by atoms with Gasteiger partial charge in [0.2, 0.25) is 0 Å². The van der Waals surface area contributed by atoms with E-state index in [0.29, 0.717) is 6.54 Å². The molecule has 0 atom stereocenters. The second-order valence-corrected chi connectivity index (χ2v) is 5.55. The van der Waals surface area contributed by atoms with Gasteiger partial charge < -0.3 is 15.2 Å². The average Bonchev–Trinajstić information content (AvgIpc) is 3.08. The summed E-state index contributed by atoms with van der Waals surface area (Å²) in [5.74, 6) is 0.781. The molecule has 2 aromatic rings. The summed E-state index contributed by atoms with van der Waals surface area (Å²) in [7, 11) is 0. The maximum atomic E-state index is 4.78. The molecule has 8 heteroatoms. The van der Waals surface area contributed by atoms with Gasteiger partial charge in [-0.1, -0.05) is 5.16 Å². The number of aromatic nitrogens is 2. The summed E-state index contributed by atoms with van der Waals surface area (Å²) in [6, 6.07) is 1.81. The lowest BCUT2D eigenvalue weighted by Gasteiger charge is -2.09. The molecule has 6 nitrogen and oxygen atoms in total. The highest BCUT2D eigenvalue weighted by Crippen LogP contribution is 2.10. The Kier molecular flexibility index (Phi) is 8.28. The maximum Gasteiger partial charge on any atom is 0.191 e. The number of thiazole rings is 1. The van der Waals surface area contributed by atoms with Crippen molar-refractivity contribution >= 4 is 41.3 Å². The maximum absolute atomic E-state index is 4.78. The number of halogens is 1. The molecule has 0 unspecified atom stereocenters. The molecule has 0 aliphatic heterocycles. The highest BCUT2D eigenvalue weighted by Gasteiger charge is 2.01. The van der Waals surface area contributed by atoms with Crippen molar-refractivity contribution in [1.29, 1.82) is 0 Å². The number of guanidine groups is 1. The zero-order valence-corrected chi connectivity index (χ0v) is 15.3. The van der Waals surface area contributed by atoms with Crippen molar-refractivity contribution in [2.75, 3.05) is 13.1 Å². The van der Waals surface area contributed by atoms with Crippen LogP contribution in [0.25, 0.3) is 0 Å². The first-order valence-corrected chi connectivity index (χ1v) is 7.42. The molecule has 0 amide bonds. The third-order valence-corrected chi connectivity index (χ3v) is 3.51. The molecule has 0 saturated carbocycles. The molecule has 0 aromatic carbocycles. The minimum absolute atomic E-state index is 0. The van der Waals surface area contributed by atoms with Crippen LogP contribution in [0.2, 0.25) is 0 Å². The highest BCUT2D eigenvalue weighted by atomic mass is 127. The first-order chi connectivity index (χ1) is 9.78. The summed E-state index contributed by atoms with van der Waals surface area (Å²) in [4.78, 5) is 10.0. The van der Waals surface area contributed by atoms with Crippen LogP contribution in [0.4, 0.5) is 0 Å². The third-order valence-electron chi connectivity index (χ3n) is 2.54. The van der Waals surface area contributed by atoms with Crippen molar-refractivity contribution in [1.82, 2.24) is 20.8 Å².